The maximum atomic E-state index is 11.3. The molecule has 0 aliphatic rings. The average Bonchev–Trinajstić information content (AvgIpc) is 2.57. The predicted molar refractivity (Wildman–Crippen MR) is 98.9 cm³/mol. The highest BCUT2D eigenvalue weighted by molar-refractivity contribution is 6.37. The van der Waals surface area contributed by atoms with E-state index < -0.39 is 0 Å². The smallest absolute Gasteiger partial charge is 0.305 e. The number of pyridine rings is 1. The molecule has 0 spiro atoms. The molecule has 0 saturated carbocycles. The highest BCUT2D eigenvalue weighted by Crippen LogP contribution is 2.35. The Balaban J connectivity index is 1.93. The summed E-state index contributed by atoms with van der Waals surface area (Å²) in [5, 5.41) is 1.59. The van der Waals surface area contributed by atoms with Gasteiger partial charge in [-0.2, -0.15) is 0 Å². The van der Waals surface area contributed by atoms with Gasteiger partial charge in [-0.15, -0.1) is 0 Å². The number of rotatable bonds is 9. The molecule has 0 N–H and O–H groups in total. The van der Waals surface area contributed by atoms with Gasteiger partial charge in [0.05, 0.1) is 30.9 Å². The first-order chi connectivity index (χ1) is 12.0. The van der Waals surface area contributed by atoms with Crippen LogP contribution in [-0.2, 0) is 9.53 Å². The lowest BCUT2D eigenvalue weighted by atomic mass is 10.2. The Morgan fingerprint density at radius 2 is 1.92 bits per heavy atom. The van der Waals surface area contributed by atoms with Crippen molar-refractivity contribution >= 4 is 40.1 Å². The molecule has 0 unspecified atom stereocenters. The maximum absolute atomic E-state index is 11.3. The zero-order valence-electron chi connectivity index (χ0n) is 14.3. The van der Waals surface area contributed by atoms with Gasteiger partial charge in [-0.05, 0) is 38.3 Å². The minimum Gasteiger partial charge on any atom is -0.493 e. The molecule has 25 heavy (non-hydrogen) atoms. The van der Waals surface area contributed by atoms with Crippen molar-refractivity contribution in [3.05, 3.63) is 28.4 Å². The third-order valence-electron chi connectivity index (χ3n) is 3.60. The number of ether oxygens (including phenoxy) is 3. The van der Waals surface area contributed by atoms with Crippen molar-refractivity contribution in [1.82, 2.24) is 4.98 Å². The van der Waals surface area contributed by atoms with E-state index in [0.717, 1.165) is 24.6 Å². The fourth-order valence-corrected chi connectivity index (χ4v) is 2.91. The van der Waals surface area contributed by atoms with Crippen LogP contribution in [0.15, 0.2) is 18.2 Å². The lowest BCUT2D eigenvalue weighted by Crippen LogP contribution is -2.04. The number of hydrogen-bond acceptors (Lipinski definition) is 5. The van der Waals surface area contributed by atoms with Crippen molar-refractivity contribution in [3.8, 4) is 11.5 Å². The second-order valence-corrected chi connectivity index (χ2v) is 6.21. The van der Waals surface area contributed by atoms with Crippen molar-refractivity contribution in [2.75, 3.05) is 20.3 Å². The number of hydrogen-bond donors (Lipinski definition) is 0. The van der Waals surface area contributed by atoms with E-state index in [-0.39, 0.29) is 5.97 Å². The van der Waals surface area contributed by atoms with Gasteiger partial charge in [-0.25, -0.2) is 4.98 Å². The molecule has 2 rings (SSSR count). The number of esters is 1. The van der Waals surface area contributed by atoms with Crippen LogP contribution in [0.1, 0.15) is 32.6 Å². The molecule has 0 aliphatic carbocycles. The first-order valence-corrected chi connectivity index (χ1v) is 8.93. The molecule has 136 valence electrons. The third kappa shape index (κ3) is 5.65. The summed E-state index contributed by atoms with van der Waals surface area (Å²) in [5.74, 6) is 1.02. The van der Waals surface area contributed by atoms with E-state index in [1.807, 2.05) is 0 Å². The molecule has 1 heterocycles. The number of benzene rings is 1. The Bertz CT molecular complexity index is 737. The molecule has 1 aromatic carbocycles. The minimum atomic E-state index is -0.153. The van der Waals surface area contributed by atoms with Gasteiger partial charge in [0.15, 0.2) is 11.5 Å². The summed E-state index contributed by atoms with van der Waals surface area (Å²) in [7, 11) is 1.57. The Hall–Kier alpha value is -1.72. The molecule has 0 saturated heterocycles. The summed E-state index contributed by atoms with van der Waals surface area (Å²) in [4.78, 5) is 15.5. The number of halogens is 2. The number of fused-ring (bicyclic) bond motifs is 1. The summed E-state index contributed by atoms with van der Waals surface area (Å²) in [6, 6.07) is 5.15. The molecule has 0 atom stereocenters. The van der Waals surface area contributed by atoms with Gasteiger partial charge >= 0.3 is 5.97 Å². The van der Waals surface area contributed by atoms with Gasteiger partial charge in [0.2, 0.25) is 0 Å². The van der Waals surface area contributed by atoms with E-state index in [1.165, 1.54) is 0 Å². The molecule has 0 aliphatic heterocycles. The van der Waals surface area contributed by atoms with Crippen molar-refractivity contribution in [3.63, 3.8) is 0 Å². The van der Waals surface area contributed by atoms with Crippen LogP contribution >= 0.6 is 23.2 Å². The molecule has 5 nitrogen and oxygen atoms in total. The molecule has 2 aromatic rings. The van der Waals surface area contributed by atoms with Crippen molar-refractivity contribution in [2.24, 2.45) is 0 Å². The Morgan fingerprint density at radius 1 is 1.12 bits per heavy atom. The quantitative estimate of drug-likeness (QED) is 0.343. The first kappa shape index (κ1) is 19.6. The van der Waals surface area contributed by atoms with Crippen molar-refractivity contribution in [2.45, 2.75) is 32.6 Å². The lowest BCUT2D eigenvalue weighted by molar-refractivity contribution is -0.143. The molecule has 7 heteroatoms. The summed E-state index contributed by atoms with van der Waals surface area (Å²) >= 11 is 12.1. The zero-order chi connectivity index (χ0) is 18.2. The molecular formula is C18H21Cl2NO4. The van der Waals surface area contributed by atoms with E-state index >= 15 is 0 Å². The highest BCUT2D eigenvalue weighted by atomic mass is 35.5. The first-order valence-electron chi connectivity index (χ1n) is 8.17. The summed E-state index contributed by atoms with van der Waals surface area (Å²) in [6.07, 6.45) is 2.92. The van der Waals surface area contributed by atoms with Crippen molar-refractivity contribution in [1.29, 1.82) is 0 Å². The molecule has 0 amide bonds. The molecule has 0 bridgehead atoms. The van der Waals surface area contributed by atoms with Crippen LogP contribution in [0.4, 0.5) is 0 Å². The van der Waals surface area contributed by atoms with Crippen molar-refractivity contribution < 1.29 is 19.0 Å². The summed E-state index contributed by atoms with van der Waals surface area (Å²) in [6.45, 7) is 2.74. The van der Waals surface area contributed by atoms with Crippen LogP contribution in [0.3, 0.4) is 0 Å². The zero-order valence-corrected chi connectivity index (χ0v) is 15.8. The second-order valence-electron chi connectivity index (χ2n) is 5.41. The van der Waals surface area contributed by atoms with Gasteiger partial charge in [-0.3, -0.25) is 4.79 Å². The number of carbonyl (C=O) groups is 1. The average molecular weight is 386 g/mol. The van der Waals surface area contributed by atoms with E-state index in [2.05, 4.69) is 4.98 Å². The number of unbranched alkanes of at least 4 members (excludes halogenated alkanes) is 2. The number of methoxy groups -OCH3 is 1. The van der Waals surface area contributed by atoms with Crippen LogP contribution in [0.25, 0.3) is 10.9 Å². The SMILES string of the molecule is CCOC(=O)CCCCCOc1cc2nc(Cl)cc(Cl)c2cc1OC. The minimum absolute atomic E-state index is 0.153. The molecular weight excluding hydrogens is 365 g/mol. The third-order valence-corrected chi connectivity index (χ3v) is 4.11. The number of aromatic nitrogens is 1. The Morgan fingerprint density at radius 3 is 2.64 bits per heavy atom. The maximum Gasteiger partial charge on any atom is 0.305 e. The van der Waals surface area contributed by atoms with Gasteiger partial charge in [0, 0.05) is 17.9 Å². The fourth-order valence-electron chi connectivity index (χ4n) is 2.40. The Kier molecular flexibility index (Phi) is 7.59. The number of carbonyl (C=O) groups excluding carboxylic acids is 1. The topological polar surface area (TPSA) is 57.7 Å². The van der Waals surface area contributed by atoms with E-state index in [4.69, 9.17) is 37.4 Å². The standard InChI is InChI=1S/C18H21Cl2NO4/c1-3-24-18(22)7-5-4-6-8-25-16-11-14-12(9-15(16)23-2)13(19)10-17(20)21-14/h9-11H,3-8H2,1-2H3. The summed E-state index contributed by atoms with van der Waals surface area (Å²) in [5.41, 5.74) is 0.649. The highest BCUT2D eigenvalue weighted by Gasteiger charge is 2.11. The summed E-state index contributed by atoms with van der Waals surface area (Å²) < 4.78 is 16.1. The van der Waals surface area contributed by atoms with E-state index in [1.54, 1.807) is 32.2 Å². The normalized spacial score (nSPS) is 10.7. The van der Waals surface area contributed by atoms with Crippen LogP contribution in [0.2, 0.25) is 10.2 Å². The fraction of sp³-hybridized carbons (Fsp3) is 0.444. The molecule has 1 aromatic heterocycles. The van der Waals surface area contributed by atoms with E-state index in [9.17, 15) is 4.79 Å². The van der Waals surface area contributed by atoms with Crippen LogP contribution in [-0.4, -0.2) is 31.3 Å². The van der Waals surface area contributed by atoms with Gasteiger partial charge < -0.3 is 14.2 Å². The van der Waals surface area contributed by atoms with Gasteiger partial charge in [0.1, 0.15) is 5.15 Å². The monoisotopic (exact) mass is 385 g/mol. The Labute approximate surface area is 157 Å². The van der Waals surface area contributed by atoms with Crippen LogP contribution in [0.5, 0.6) is 11.5 Å². The predicted octanol–water partition coefficient (Wildman–Crippen LogP) is 5.05. The van der Waals surface area contributed by atoms with Crippen LogP contribution in [0, 0.1) is 0 Å². The van der Waals surface area contributed by atoms with E-state index in [0.29, 0.717) is 46.8 Å². The van der Waals surface area contributed by atoms with Crippen LogP contribution < -0.4 is 9.47 Å². The van der Waals surface area contributed by atoms with Gasteiger partial charge in [0.25, 0.3) is 0 Å². The number of nitrogens with zero attached hydrogens (tertiary/aromatic N) is 1. The van der Waals surface area contributed by atoms with Gasteiger partial charge in [-0.1, -0.05) is 23.2 Å². The molecule has 0 radical (unpaired) electrons. The lowest BCUT2D eigenvalue weighted by Gasteiger charge is -2.12. The largest absolute Gasteiger partial charge is 0.493 e. The molecule has 0 fully saturated rings. The second kappa shape index (κ2) is 9.68.